The monoisotopic (exact) mass is 268 g/mol. The van der Waals surface area contributed by atoms with E-state index in [-0.39, 0.29) is 23.4 Å². The lowest BCUT2D eigenvalue weighted by molar-refractivity contribution is -0.172. The van der Waals surface area contributed by atoms with Gasteiger partial charge in [-0.05, 0) is 25.0 Å². The molecule has 19 heavy (non-hydrogen) atoms. The summed E-state index contributed by atoms with van der Waals surface area (Å²) in [4.78, 5) is 0. The highest BCUT2D eigenvalue weighted by atomic mass is 19.1. The molecule has 3 rings (SSSR count). The second kappa shape index (κ2) is 4.75. The molecule has 0 heterocycles. The third-order valence-electron chi connectivity index (χ3n) is 4.69. The number of ether oxygens (including phenoxy) is 1. The van der Waals surface area contributed by atoms with Gasteiger partial charge in [-0.15, -0.1) is 0 Å². The second-order valence-electron chi connectivity index (χ2n) is 5.73. The molecule has 0 radical (unpaired) electrons. The molecule has 2 atom stereocenters. The summed E-state index contributed by atoms with van der Waals surface area (Å²) in [6.07, 6.45) is 5.09. The summed E-state index contributed by atoms with van der Waals surface area (Å²) in [5, 5.41) is 10.0. The summed E-state index contributed by atoms with van der Waals surface area (Å²) in [6.45, 7) is 0. The van der Waals surface area contributed by atoms with E-state index in [1.165, 1.54) is 6.42 Å². The van der Waals surface area contributed by atoms with Crippen molar-refractivity contribution in [3.63, 3.8) is 0 Å². The van der Waals surface area contributed by atoms with Crippen molar-refractivity contribution in [1.29, 1.82) is 0 Å². The number of hydrogen-bond acceptors (Lipinski definition) is 2. The molecule has 2 fully saturated rings. The minimum absolute atomic E-state index is 0.0400. The highest BCUT2D eigenvalue weighted by Crippen LogP contribution is 2.53. The van der Waals surface area contributed by atoms with Crippen molar-refractivity contribution < 1.29 is 18.6 Å². The zero-order chi connectivity index (χ0) is 13.5. The van der Waals surface area contributed by atoms with Gasteiger partial charge in [0, 0.05) is 17.9 Å². The first-order valence-corrected chi connectivity index (χ1v) is 6.91. The minimum Gasteiger partial charge on any atom is -0.486 e. The zero-order valence-electron chi connectivity index (χ0n) is 10.7. The Labute approximate surface area is 111 Å². The SMILES string of the molecule is OC1CC(Oc2cc(F)ccc2F)C12CCCCC2. The van der Waals surface area contributed by atoms with Gasteiger partial charge in [0.05, 0.1) is 6.10 Å². The highest BCUT2D eigenvalue weighted by Gasteiger charge is 2.56. The maximum absolute atomic E-state index is 13.6. The van der Waals surface area contributed by atoms with Crippen LogP contribution in [0.15, 0.2) is 18.2 Å². The molecule has 104 valence electrons. The van der Waals surface area contributed by atoms with E-state index in [2.05, 4.69) is 0 Å². The van der Waals surface area contributed by atoms with Gasteiger partial charge in [0.1, 0.15) is 11.9 Å². The summed E-state index contributed by atoms with van der Waals surface area (Å²) in [7, 11) is 0. The Morgan fingerprint density at radius 1 is 1.16 bits per heavy atom. The molecule has 0 aliphatic heterocycles. The van der Waals surface area contributed by atoms with Crippen molar-refractivity contribution in [1.82, 2.24) is 0 Å². The zero-order valence-corrected chi connectivity index (χ0v) is 10.7. The Kier molecular flexibility index (Phi) is 3.21. The first kappa shape index (κ1) is 12.9. The minimum atomic E-state index is -0.547. The van der Waals surface area contributed by atoms with Crippen LogP contribution in [-0.2, 0) is 0 Å². The number of halogens is 2. The van der Waals surface area contributed by atoms with Gasteiger partial charge in [0.15, 0.2) is 11.6 Å². The first-order chi connectivity index (χ1) is 9.12. The first-order valence-electron chi connectivity index (χ1n) is 6.91. The molecule has 1 N–H and O–H groups in total. The Bertz CT molecular complexity index is 469. The van der Waals surface area contributed by atoms with Crippen LogP contribution in [0, 0.1) is 17.0 Å². The van der Waals surface area contributed by atoms with Crippen LogP contribution in [0.2, 0.25) is 0 Å². The molecule has 2 nitrogen and oxygen atoms in total. The molecule has 2 unspecified atom stereocenters. The van der Waals surface area contributed by atoms with Crippen LogP contribution in [0.1, 0.15) is 38.5 Å². The Balaban J connectivity index is 1.78. The average Bonchev–Trinajstić information content (AvgIpc) is 2.43. The molecule has 0 amide bonds. The normalized spacial score (nSPS) is 29.0. The van der Waals surface area contributed by atoms with Crippen molar-refractivity contribution in [2.24, 2.45) is 5.41 Å². The quantitative estimate of drug-likeness (QED) is 0.890. The fraction of sp³-hybridized carbons (Fsp3) is 0.600. The van der Waals surface area contributed by atoms with Gasteiger partial charge in [0.2, 0.25) is 0 Å². The molecular weight excluding hydrogens is 250 g/mol. The van der Waals surface area contributed by atoms with Gasteiger partial charge in [-0.3, -0.25) is 0 Å². The summed E-state index contributed by atoms with van der Waals surface area (Å²) in [5.41, 5.74) is -0.239. The number of benzene rings is 1. The maximum atomic E-state index is 13.6. The molecule has 1 aromatic rings. The number of rotatable bonds is 2. The van der Waals surface area contributed by atoms with Crippen LogP contribution in [0.3, 0.4) is 0 Å². The predicted octanol–water partition coefficient (Wildman–Crippen LogP) is 3.43. The van der Waals surface area contributed by atoms with Crippen LogP contribution >= 0.6 is 0 Å². The van der Waals surface area contributed by atoms with Crippen molar-refractivity contribution in [3.8, 4) is 5.75 Å². The predicted molar refractivity (Wildman–Crippen MR) is 66.9 cm³/mol. The van der Waals surface area contributed by atoms with Crippen molar-refractivity contribution in [2.75, 3.05) is 0 Å². The Morgan fingerprint density at radius 2 is 1.89 bits per heavy atom. The van der Waals surface area contributed by atoms with Gasteiger partial charge in [-0.1, -0.05) is 19.3 Å². The molecule has 0 bridgehead atoms. The number of aliphatic hydroxyl groups excluding tert-OH is 1. The third kappa shape index (κ3) is 2.12. The van der Waals surface area contributed by atoms with Crippen LogP contribution in [0.25, 0.3) is 0 Å². The molecule has 2 aliphatic rings. The lowest BCUT2D eigenvalue weighted by Gasteiger charge is -2.55. The molecule has 0 aromatic heterocycles. The van der Waals surface area contributed by atoms with Gasteiger partial charge in [0.25, 0.3) is 0 Å². The molecule has 2 aliphatic carbocycles. The Morgan fingerprint density at radius 3 is 2.58 bits per heavy atom. The van der Waals surface area contributed by atoms with Crippen LogP contribution in [0.4, 0.5) is 8.78 Å². The highest BCUT2D eigenvalue weighted by molar-refractivity contribution is 5.26. The second-order valence-corrected chi connectivity index (χ2v) is 5.73. The molecule has 1 spiro atoms. The van der Waals surface area contributed by atoms with E-state index in [1.54, 1.807) is 0 Å². The van der Waals surface area contributed by atoms with Gasteiger partial charge >= 0.3 is 0 Å². The van der Waals surface area contributed by atoms with Crippen molar-refractivity contribution in [3.05, 3.63) is 29.8 Å². The van der Waals surface area contributed by atoms with E-state index in [1.807, 2.05) is 0 Å². The molecule has 1 aromatic carbocycles. The number of aliphatic hydroxyl groups is 1. The Hall–Kier alpha value is -1.16. The topological polar surface area (TPSA) is 29.5 Å². The summed E-state index contributed by atoms with van der Waals surface area (Å²) >= 11 is 0. The lowest BCUT2D eigenvalue weighted by atomic mass is 9.56. The lowest BCUT2D eigenvalue weighted by Crippen LogP contribution is -2.60. The van der Waals surface area contributed by atoms with E-state index in [0.717, 1.165) is 43.9 Å². The van der Waals surface area contributed by atoms with Gasteiger partial charge in [-0.25, -0.2) is 8.78 Å². The van der Waals surface area contributed by atoms with Crippen LogP contribution < -0.4 is 4.74 Å². The molecular formula is C15H18F2O2. The van der Waals surface area contributed by atoms with E-state index in [9.17, 15) is 13.9 Å². The van der Waals surface area contributed by atoms with Crippen LogP contribution in [-0.4, -0.2) is 17.3 Å². The fourth-order valence-corrected chi connectivity index (χ4v) is 3.48. The smallest absolute Gasteiger partial charge is 0.165 e. The van der Waals surface area contributed by atoms with Crippen molar-refractivity contribution >= 4 is 0 Å². The summed E-state index contributed by atoms with van der Waals surface area (Å²) < 4.78 is 32.4. The van der Waals surface area contributed by atoms with Crippen LogP contribution in [0.5, 0.6) is 5.75 Å². The molecule has 0 saturated heterocycles. The fourth-order valence-electron chi connectivity index (χ4n) is 3.48. The average molecular weight is 268 g/mol. The molecule has 2 saturated carbocycles. The third-order valence-corrected chi connectivity index (χ3v) is 4.69. The van der Waals surface area contributed by atoms with E-state index in [0.29, 0.717) is 6.42 Å². The van der Waals surface area contributed by atoms with E-state index >= 15 is 0 Å². The van der Waals surface area contributed by atoms with Crippen molar-refractivity contribution in [2.45, 2.75) is 50.7 Å². The van der Waals surface area contributed by atoms with E-state index in [4.69, 9.17) is 4.74 Å². The van der Waals surface area contributed by atoms with Gasteiger partial charge < -0.3 is 9.84 Å². The largest absolute Gasteiger partial charge is 0.486 e. The maximum Gasteiger partial charge on any atom is 0.165 e. The standard InChI is InChI=1S/C15H18F2O2/c16-10-4-5-11(17)12(8-10)19-14-9-13(18)15(14)6-2-1-3-7-15/h4-5,8,13-14,18H,1-3,6-7,9H2. The van der Waals surface area contributed by atoms with Gasteiger partial charge in [-0.2, -0.15) is 0 Å². The molecule has 4 heteroatoms. The summed E-state index contributed by atoms with van der Waals surface area (Å²) in [6, 6.07) is 3.23. The summed E-state index contributed by atoms with van der Waals surface area (Å²) in [5.74, 6) is -1.09. The number of hydrogen-bond donors (Lipinski definition) is 1. The van der Waals surface area contributed by atoms with E-state index < -0.39 is 11.6 Å².